The van der Waals surface area contributed by atoms with Gasteiger partial charge in [0.2, 0.25) is 0 Å². The smallest absolute Gasteiger partial charge is 0.261 e. The zero-order valence-electron chi connectivity index (χ0n) is 12.1. The van der Waals surface area contributed by atoms with Crippen LogP contribution < -0.4 is 10.1 Å². The van der Waals surface area contributed by atoms with Crippen LogP contribution in [0.5, 0.6) is 5.75 Å². The summed E-state index contributed by atoms with van der Waals surface area (Å²) in [4.78, 5) is 12.1. The van der Waals surface area contributed by atoms with Crippen molar-refractivity contribution in [1.29, 1.82) is 0 Å². The minimum atomic E-state index is -0.646. The van der Waals surface area contributed by atoms with Gasteiger partial charge >= 0.3 is 0 Å². The molecule has 21 heavy (non-hydrogen) atoms. The standard InChI is InChI=1S/C15H19Cl2NO3/c1-9(13-4-3-7-20-13)18-15(19)10(2)21-14-6-5-11(16)8-12(14)17/h5-6,8-10,13H,3-4,7H2,1-2H3,(H,18,19)/t9-,10+,13+/m1/s1. The summed E-state index contributed by atoms with van der Waals surface area (Å²) in [5, 5.41) is 3.82. The van der Waals surface area contributed by atoms with Gasteiger partial charge in [-0.1, -0.05) is 23.2 Å². The second-order valence-electron chi connectivity index (χ2n) is 5.18. The molecular formula is C15H19Cl2NO3. The van der Waals surface area contributed by atoms with E-state index in [1.165, 1.54) is 0 Å². The molecule has 0 radical (unpaired) electrons. The number of hydrogen-bond donors (Lipinski definition) is 1. The molecule has 116 valence electrons. The molecule has 0 saturated carbocycles. The maximum atomic E-state index is 12.1. The Bertz CT molecular complexity index is 504. The van der Waals surface area contributed by atoms with Crippen molar-refractivity contribution in [3.8, 4) is 5.75 Å². The number of carbonyl (C=O) groups is 1. The Hall–Kier alpha value is -0.970. The van der Waals surface area contributed by atoms with Crippen molar-refractivity contribution in [2.24, 2.45) is 0 Å². The number of ether oxygens (including phenoxy) is 2. The zero-order valence-corrected chi connectivity index (χ0v) is 13.6. The molecule has 4 nitrogen and oxygen atoms in total. The number of carbonyl (C=O) groups excluding carboxylic acids is 1. The van der Waals surface area contributed by atoms with Gasteiger partial charge in [0.15, 0.2) is 6.10 Å². The lowest BCUT2D eigenvalue weighted by Gasteiger charge is -2.22. The van der Waals surface area contributed by atoms with E-state index in [1.54, 1.807) is 25.1 Å². The van der Waals surface area contributed by atoms with Gasteiger partial charge in [0.1, 0.15) is 5.75 Å². The van der Waals surface area contributed by atoms with E-state index >= 15 is 0 Å². The molecule has 0 bridgehead atoms. The minimum Gasteiger partial charge on any atom is -0.479 e. The number of amides is 1. The fraction of sp³-hybridized carbons (Fsp3) is 0.533. The normalized spacial score (nSPS) is 20.9. The lowest BCUT2D eigenvalue weighted by molar-refractivity contribution is -0.128. The SMILES string of the molecule is C[C@H](Oc1ccc(Cl)cc1Cl)C(=O)N[C@H](C)[C@@H]1CCCO1. The van der Waals surface area contributed by atoms with Crippen LogP contribution in [0.4, 0.5) is 0 Å². The molecule has 2 rings (SSSR count). The lowest BCUT2D eigenvalue weighted by Crippen LogP contribution is -2.46. The van der Waals surface area contributed by atoms with Crippen LogP contribution in [-0.4, -0.2) is 30.8 Å². The highest BCUT2D eigenvalue weighted by Gasteiger charge is 2.26. The van der Waals surface area contributed by atoms with Crippen LogP contribution in [0, 0.1) is 0 Å². The molecule has 6 heteroatoms. The van der Waals surface area contributed by atoms with Crippen LogP contribution in [0.3, 0.4) is 0 Å². The maximum Gasteiger partial charge on any atom is 0.261 e. The van der Waals surface area contributed by atoms with Gasteiger partial charge in [0.05, 0.1) is 17.2 Å². The van der Waals surface area contributed by atoms with E-state index in [-0.39, 0.29) is 18.1 Å². The summed E-state index contributed by atoms with van der Waals surface area (Å²) in [5.41, 5.74) is 0. The summed E-state index contributed by atoms with van der Waals surface area (Å²) in [5.74, 6) is 0.248. The molecular weight excluding hydrogens is 313 g/mol. The molecule has 0 aliphatic carbocycles. The maximum absolute atomic E-state index is 12.1. The van der Waals surface area contributed by atoms with E-state index < -0.39 is 6.10 Å². The summed E-state index contributed by atoms with van der Waals surface area (Å²) in [6.07, 6.45) is 1.45. The van der Waals surface area contributed by atoms with Crippen LogP contribution >= 0.6 is 23.2 Å². The molecule has 1 heterocycles. The Labute approximate surface area is 134 Å². The molecule has 1 aromatic carbocycles. The Balaban J connectivity index is 1.89. The third-order valence-corrected chi connectivity index (χ3v) is 3.99. The van der Waals surface area contributed by atoms with Gasteiger partial charge in [-0.2, -0.15) is 0 Å². The van der Waals surface area contributed by atoms with E-state index in [4.69, 9.17) is 32.7 Å². The molecule has 1 saturated heterocycles. The number of benzene rings is 1. The van der Waals surface area contributed by atoms with Gasteiger partial charge < -0.3 is 14.8 Å². The van der Waals surface area contributed by atoms with Gasteiger partial charge in [-0.05, 0) is 44.9 Å². The van der Waals surface area contributed by atoms with E-state index in [0.717, 1.165) is 19.4 Å². The molecule has 1 N–H and O–H groups in total. The van der Waals surface area contributed by atoms with E-state index in [2.05, 4.69) is 5.32 Å². The number of halogens is 2. The first-order valence-corrected chi connectivity index (χ1v) is 7.76. The van der Waals surface area contributed by atoms with E-state index in [9.17, 15) is 4.79 Å². The van der Waals surface area contributed by atoms with Crippen molar-refractivity contribution in [1.82, 2.24) is 5.32 Å². The van der Waals surface area contributed by atoms with Crippen LogP contribution in [0.1, 0.15) is 26.7 Å². The lowest BCUT2D eigenvalue weighted by atomic mass is 10.1. The summed E-state index contributed by atoms with van der Waals surface area (Å²) in [6, 6.07) is 4.87. The second kappa shape index (κ2) is 7.34. The highest BCUT2D eigenvalue weighted by molar-refractivity contribution is 6.35. The molecule has 1 fully saturated rings. The largest absolute Gasteiger partial charge is 0.479 e. The second-order valence-corrected chi connectivity index (χ2v) is 6.03. The Morgan fingerprint density at radius 1 is 1.43 bits per heavy atom. The molecule has 1 amide bonds. The molecule has 1 aliphatic heterocycles. The fourth-order valence-corrected chi connectivity index (χ4v) is 2.70. The number of rotatable bonds is 5. The van der Waals surface area contributed by atoms with Gasteiger partial charge in [0.25, 0.3) is 5.91 Å². The molecule has 1 aromatic rings. The topological polar surface area (TPSA) is 47.6 Å². The predicted octanol–water partition coefficient (Wildman–Crippen LogP) is 3.44. The average molecular weight is 332 g/mol. The van der Waals surface area contributed by atoms with Crippen molar-refractivity contribution in [2.45, 2.75) is 44.9 Å². The first-order valence-electron chi connectivity index (χ1n) is 7.01. The van der Waals surface area contributed by atoms with Crippen LogP contribution in [-0.2, 0) is 9.53 Å². The highest BCUT2D eigenvalue weighted by atomic mass is 35.5. The highest BCUT2D eigenvalue weighted by Crippen LogP contribution is 2.28. The Kier molecular flexibility index (Phi) is 5.73. The first kappa shape index (κ1) is 16.4. The van der Waals surface area contributed by atoms with E-state index in [1.807, 2.05) is 6.92 Å². The van der Waals surface area contributed by atoms with Gasteiger partial charge in [-0.3, -0.25) is 4.79 Å². The fourth-order valence-electron chi connectivity index (χ4n) is 2.25. The quantitative estimate of drug-likeness (QED) is 0.898. The first-order chi connectivity index (χ1) is 9.97. The van der Waals surface area contributed by atoms with Gasteiger partial charge in [-0.15, -0.1) is 0 Å². The molecule has 0 aromatic heterocycles. The van der Waals surface area contributed by atoms with E-state index in [0.29, 0.717) is 15.8 Å². The third-order valence-electron chi connectivity index (χ3n) is 3.46. The minimum absolute atomic E-state index is 0.0354. The van der Waals surface area contributed by atoms with Crippen molar-refractivity contribution in [3.63, 3.8) is 0 Å². The van der Waals surface area contributed by atoms with Crippen LogP contribution in [0.25, 0.3) is 0 Å². The summed E-state index contributed by atoms with van der Waals surface area (Å²) in [7, 11) is 0. The monoisotopic (exact) mass is 331 g/mol. The van der Waals surface area contributed by atoms with Crippen molar-refractivity contribution in [2.75, 3.05) is 6.61 Å². The van der Waals surface area contributed by atoms with Gasteiger partial charge in [-0.25, -0.2) is 0 Å². The number of nitrogens with one attached hydrogen (secondary N) is 1. The van der Waals surface area contributed by atoms with Crippen molar-refractivity contribution < 1.29 is 14.3 Å². The van der Waals surface area contributed by atoms with Crippen molar-refractivity contribution in [3.05, 3.63) is 28.2 Å². The Morgan fingerprint density at radius 3 is 2.81 bits per heavy atom. The molecule has 0 unspecified atom stereocenters. The zero-order chi connectivity index (χ0) is 15.4. The van der Waals surface area contributed by atoms with Crippen LogP contribution in [0.2, 0.25) is 10.0 Å². The molecule has 0 spiro atoms. The third kappa shape index (κ3) is 4.50. The molecule has 1 aliphatic rings. The Morgan fingerprint density at radius 2 is 2.19 bits per heavy atom. The summed E-state index contributed by atoms with van der Waals surface area (Å²) < 4.78 is 11.1. The predicted molar refractivity (Wildman–Crippen MR) is 83.1 cm³/mol. The molecule has 3 atom stereocenters. The average Bonchev–Trinajstić information content (AvgIpc) is 2.95. The summed E-state index contributed by atoms with van der Waals surface area (Å²) >= 11 is 11.9. The van der Waals surface area contributed by atoms with Crippen LogP contribution in [0.15, 0.2) is 18.2 Å². The van der Waals surface area contributed by atoms with Gasteiger partial charge in [0, 0.05) is 11.6 Å². The van der Waals surface area contributed by atoms with Crippen molar-refractivity contribution >= 4 is 29.1 Å². The number of hydrogen-bond acceptors (Lipinski definition) is 3. The summed E-state index contributed by atoms with van der Waals surface area (Å²) in [6.45, 7) is 4.38.